The molecule has 4 nitrogen and oxygen atoms in total. The van der Waals surface area contributed by atoms with Gasteiger partial charge in [-0.15, -0.1) is 0 Å². The molecule has 0 bridgehead atoms. The molecule has 1 aromatic rings. The smallest absolute Gasteiger partial charge is 0.254 e. The Morgan fingerprint density at radius 2 is 2.24 bits per heavy atom. The van der Waals surface area contributed by atoms with E-state index in [0.29, 0.717) is 11.5 Å². The maximum Gasteiger partial charge on any atom is 0.254 e. The average Bonchev–Trinajstić information content (AvgIpc) is 2.47. The van der Waals surface area contributed by atoms with E-state index in [1.165, 1.54) is 12.8 Å². The van der Waals surface area contributed by atoms with Crippen LogP contribution in [0.25, 0.3) is 0 Å². The van der Waals surface area contributed by atoms with Crippen molar-refractivity contribution < 1.29 is 9.90 Å². The van der Waals surface area contributed by atoms with Crippen molar-refractivity contribution in [3.8, 4) is 5.75 Å². The molecule has 1 aliphatic rings. The van der Waals surface area contributed by atoms with E-state index >= 15 is 0 Å². The monoisotopic (exact) mass is 290 g/mol. The van der Waals surface area contributed by atoms with Gasteiger partial charge in [0.15, 0.2) is 0 Å². The lowest BCUT2D eigenvalue weighted by Gasteiger charge is -2.33. The number of phenols is 1. The predicted molar refractivity (Wildman–Crippen MR) is 84.6 cm³/mol. The molecule has 21 heavy (non-hydrogen) atoms. The summed E-state index contributed by atoms with van der Waals surface area (Å²) in [6.07, 6.45) is 2.36. The number of carbonyl (C=O) groups is 1. The molecule has 2 rings (SSSR count). The summed E-state index contributed by atoms with van der Waals surface area (Å²) < 4.78 is 0. The van der Waals surface area contributed by atoms with Crippen LogP contribution in [0.3, 0.4) is 0 Å². The number of hydrogen-bond acceptors (Lipinski definition) is 3. The average molecular weight is 290 g/mol. The van der Waals surface area contributed by atoms with Crippen LogP contribution in [-0.4, -0.2) is 41.6 Å². The Bertz CT molecular complexity index is 494. The topological polar surface area (TPSA) is 52.6 Å². The summed E-state index contributed by atoms with van der Waals surface area (Å²) in [6.45, 7) is 8.80. The molecule has 1 saturated heterocycles. The molecule has 1 amide bonds. The highest BCUT2D eigenvalue weighted by atomic mass is 16.3. The first-order valence-corrected chi connectivity index (χ1v) is 7.80. The lowest BCUT2D eigenvalue weighted by Crippen LogP contribution is -2.44. The largest absolute Gasteiger partial charge is 0.508 e. The molecule has 4 heteroatoms. The van der Waals surface area contributed by atoms with Crippen molar-refractivity contribution in [2.45, 2.75) is 39.7 Å². The van der Waals surface area contributed by atoms with Crippen molar-refractivity contribution in [1.82, 2.24) is 10.2 Å². The van der Waals surface area contributed by atoms with Crippen molar-refractivity contribution in [2.75, 3.05) is 19.6 Å². The fourth-order valence-corrected chi connectivity index (χ4v) is 2.84. The van der Waals surface area contributed by atoms with Gasteiger partial charge in [-0.25, -0.2) is 0 Å². The standard InChI is InChI=1S/C17H26N2O2/c1-12(2)19(11-14-5-4-8-18-10-14)17(21)15-6-7-16(20)13(3)9-15/h6-7,9,12,14,18,20H,4-5,8,10-11H2,1-3H3. The van der Waals surface area contributed by atoms with Crippen LogP contribution >= 0.6 is 0 Å². The van der Waals surface area contributed by atoms with Crippen molar-refractivity contribution in [3.05, 3.63) is 29.3 Å². The highest BCUT2D eigenvalue weighted by Crippen LogP contribution is 2.20. The molecule has 0 aromatic heterocycles. The lowest BCUT2D eigenvalue weighted by molar-refractivity contribution is 0.0661. The van der Waals surface area contributed by atoms with Gasteiger partial charge in [-0.2, -0.15) is 0 Å². The van der Waals surface area contributed by atoms with E-state index in [1.54, 1.807) is 18.2 Å². The summed E-state index contributed by atoms with van der Waals surface area (Å²) in [7, 11) is 0. The quantitative estimate of drug-likeness (QED) is 0.896. The third-order valence-corrected chi connectivity index (χ3v) is 4.18. The summed E-state index contributed by atoms with van der Waals surface area (Å²) in [6, 6.07) is 5.25. The second-order valence-electron chi connectivity index (χ2n) is 6.26. The van der Waals surface area contributed by atoms with E-state index in [9.17, 15) is 9.90 Å². The minimum absolute atomic E-state index is 0.0543. The molecule has 1 atom stereocenters. The van der Waals surface area contributed by atoms with Gasteiger partial charge in [-0.1, -0.05) is 0 Å². The van der Waals surface area contributed by atoms with Crippen molar-refractivity contribution in [3.63, 3.8) is 0 Å². The number of hydrogen-bond donors (Lipinski definition) is 2. The molecule has 0 spiro atoms. The summed E-state index contributed by atoms with van der Waals surface area (Å²) in [5.74, 6) is 0.820. The summed E-state index contributed by atoms with van der Waals surface area (Å²) in [5.41, 5.74) is 1.40. The number of phenolic OH excluding ortho intramolecular Hbond substituents is 1. The van der Waals surface area contributed by atoms with Crippen molar-refractivity contribution in [2.24, 2.45) is 5.92 Å². The molecule has 1 aromatic carbocycles. The Hall–Kier alpha value is -1.55. The number of aromatic hydroxyl groups is 1. The van der Waals surface area contributed by atoms with Gasteiger partial charge in [0, 0.05) is 18.2 Å². The highest BCUT2D eigenvalue weighted by Gasteiger charge is 2.24. The zero-order valence-electron chi connectivity index (χ0n) is 13.2. The molecule has 1 aliphatic heterocycles. The molecule has 1 fully saturated rings. The number of nitrogens with zero attached hydrogens (tertiary/aromatic N) is 1. The summed E-state index contributed by atoms with van der Waals surface area (Å²) in [4.78, 5) is 14.7. The second kappa shape index (κ2) is 6.94. The van der Waals surface area contributed by atoms with Gasteiger partial charge in [-0.05, 0) is 76.4 Å². The first-order chi connectivity index (χ1) is 9.99. The number of rotatable bonds is 4. The molecular formula is C17H26N2O2. The van der Waals surface area contributed by atoms with Crippen LogP contribution in [0.15, 0.2) is 18.2 Å². The number of benzene rings is 1. The Morgan fingerprint density at radius 1 is 1.48 bits per heavy atom. The van der Waals surface area contributed by atoms with Crippen LogP contribution in [0.1, 0.15) is 42.6 Å². The van der Waals surface area contributed by atoms with Gasteiger partial charge >= 0.3 is 0 Å². The molecule has 116 valence electrons. The van der Waals surface area contributed by atoms with Gasteiger partial charge in [0.1, 0.15) is 5.75 Å². The van der Waals surface area contributed by atoms with Gasteiger partial charge in [0.25, 0.3) is 5.91 Å². The summed E-state index contributed by atoms with van der Waals surface area (Å²) >= 11 is 0. The second-order valence-corrected chi connectivity index (χ2v) is 6.26. The minimum atomic E-state index is 0.0543. The molecule has 0 aliphatic carbocycles. The van der Waals surface area contributed by atoms with E-state index in [0.717, 1.165) is 25.2 Å². The predicted octanol–water partition coefficient (Wildman–Crippen LogP) is 2.55. The Kier molecular flexibility index (Phi) is 5.23. The minimum Gasteiger partial charge on any atom is -0.508 e. The molecule has 1 heterocycles. The van der Waals surface area contributed by atoms with E-state index in [-0.39, 0.29) is 17.7 Å². The van der Waals surface area contributed by atoms with Crippen LogP contribution in [0.2, 0.25) is 0 Å². The number of amides is 1. The third-order valence-electron chi connectivity index (χ3n) is 4.18. The number of nitrogens with one attached hydrogen (secondary N) is 1. The first-order valence-electron chi connectivity index (χ1n) is 7.80. The Labute approximate surface area is 127 Å². The SMILES string of the molecule is Cc1cc(C(=O)N(CC2CCCNC2)C(C)C)ccc1O. The van der Waals surface area contributed by atoms with Crippen LogP contribution in [-0.2, 0) is 0 Å². The molecule has 1 unspecified atom stereocenters. The van der Waals surface area contributed by atoms with Crippen LogP contribution < -0.4 is 5.32 Å². The Balaban J connectivity index is 2.12. The number of carbonyl (C=O) groups excluding carboxylic acids is 1. The number of aryl methyl sites for hydroxylation is 1. The van der Waals surface area contributed by atoms with E-state index in [1.807, 2.05) is 11.8 Å². The van der Waals surface area contributed by atoms with E-state index in [4.69, 9.17) is 0 Å². The highest BCUT2D eigenvalue weighted by molar-refractivity contribution is 5.94. The lowest BCUT2D eigenvalue weighted by atomic mass is 9.98. The van der Waals surface area contributed by atoms with Gasteiger partial charge < -0.3 is 15.3 Å². The zero-order chi connectivity index (χ0) is 15.4. The van der Waals surface area contributed by atoms with Gasteiger partial charge in [0.2, 0.25) is 0 Å². The fourth-order valence-electron chi connectivity index (χ4n) is 2.84. The van der Waals surface area contributed by atoms with Crippen LogP contribution in [0.5, 0.6) is 5.75 Å². The van der Waals surface area contributed by atoms with Crippen LogP contribution in [0, 0.1) is 12.8 Å². The maximum absolute atomic E-state index is 12.7. The normalized spacial score (nSPS) is 18.8. The summed E-state index contributed by atoms with van der Waals surface area (Å²) in [5, 5.41) is 13.0. The molecular weight excluding hydrogens is 264 g/mol. The fraction of sp³-hybridized carbons (Fsp3) is 0.588. The maximum atomic E-state index is 12.7. The first kappa shape index (κ1) is 15.8. The van der Waals surface area contributed by atoms with Crippen molar-refractivity contribution >= 4 is 5.91 Å². The third kappa shape index (κ3) is 3.97. The van der Waals surface area contributed by atoms with E-state index in [2.05, 4.69) is 19.2 Å². The van der Waals surface area contributed by atoms with E-state index < -0.39 is 0 Å². The molecule has 0 saturated carbocycles. The van der Waals surface area contributed by atoms with Gasteiger partial charge in [-0.3, -0.25) is 4.79 Å². The van der Waals surface area contributed by atoms with Crippen molar-refractivity contribution in [1.29, 1.82) is 0 Å². The molecule has 0 radical (unpaired) electrons. The number of piperidine rings is 1. The van der Waals surface area contributed by atoms with Gasteiger partial charge in [0.05, 0.1) is 0 Å². The van der Waals surface area contributed by atoms with Crippen LogP contribution in [0.4, 0.5) is 0 Å². The Morgan fingerprint density at radius 3 is 2.81 bits per heavy atom. The molecule has 2 N–H and O–H groups in total. The zero-order valence-corrected chi connectivity index (χ0v) is 13.2.